The Balaban J connectivity index is 1.64. The highest BCUT2D eigenvalue weighted by Gasteiger charge is 2.23. The van der Waals surface area contributed by atoms with Gasteiger partial charge in [-0.2, -0.15) is 0 Å². The van der Waals surface area contributed by atoms with Gasteiger partial charge in [0.15, 0.2) is 0 Å². The molecule has 0 unspecified atom stereocenters. The standard InChI is InChI=1S/C17H19FN4O2/c1-22(10-14-9-19-6-7-20-14)17(23)21-15-5-4-13(18)8-16(15)24-11-12-2-3-12/h4-9,12H,2-3,10-11H2,1H3,(H,21,23). The number of hydrogen-bond donors (Lipinski definition) is 1. The number of nitrogens with one attached hydrogen (secondary N) is 1. The van der Waals surface area contributed by atoms with Gasteiger partial charge in [0.2, 0.25) is 0 Å². The van der Waals surface area contributed by atoms with Gasteiger partial charge in [-0.25, -0.2) is 9.18 Å². The topological polar surface area (TPSA) is 67.4 Å². The number of carbonyl (C=O) groups excluding carboxylic acids is 1. The van der Waals surface area contributed by atoms with E-state index in [1.807, 2.05) is 0 Å². The molecule has 0 spiro atoms. The average Bonchev–Trinajstić information content (AvgIpc) is 3.40. The second kappa shape index (κ2) is 7.25. The van der Waals surface area contributed by atoms with E-state index in [1.54, 1.807) is 25.6 Å². The first-order valence-corrected chi connectivity index (χ1v) is 7.81. The largest absolute Gasteiger partial charge is 0.491 e. The zero-order chi connectivity index (χ0) is 16.9. The average molecular weight is 330 g/mol. The van der Waals surface area contributed by atoms with E-state index in [-0.39, 0.29) is 6.03 Å². The highest BCUT2D eigenvalue weighted by Crippen LogP contribution is 2.32. The van der Waals surface area contributed by atoms with Gasteiger partial charge in [0.25, 0.3) is 0 Å². The molecule has 2 amide bonds. The molecule has 2 aromatic rings. The van der Waals surface area contributed by atoms with Crippen LogP contribution in [-0.2, 0) is 6.54 Å². The second-order valence-electron chi connectivity index (χ2n) is 5.88. The molecule has 24 heavy (non-hydrogen) atoms. The van der Waals surface area contributed by atoms with Crippen LogP contribution in [0.4, 0.5) is 14.9 Å². The van der Waals surface area contributed by atoms with Gasteiger partial charge in [0.05, 0.1) is 30.7 Å². The fraction of sp³-hybridized carbons (Fsp3) is 0.353. The Morgan fingerprint density at radius 1 is 1.42 bits per heavy atom. The van der Waals surface area contributed by atoms with Crippen molar-refractivity contribution in [2.45, 2.75) is 19.4 Å². The summed E-state index contributed by atoms with van der Waals surface area (Å²) >= 11 is 0. The normalized spacial score (nSPS) is 13.4. The van der Waals surface area contributed by atoms with Crippen molar-refractivity contribution in [2.75, 3.05) is 19.0 Å². The van der Waals surface area contributed by atoms with Crippen molar-refractivity contribution >= 4 is 11.7 Å². The van der Waals surface area contributed by atoms with Crippen LogP contribution in [0.25, 0.3) is 0 Å². The van der Waals surface area contributed by atoms with Crippen LogP contribution in [0.5, 0.6) is 5.75 Å². The lowest BCUT2D eigenvalue weighted by Crippen LogP contribution is -2.31. The number of halogens is 1. The number of carbonyl (C=O) groups is 1. The van der Waals surface area contributed by atoms with Crippen LogP contribution in [-0.4, -0.2) is 34.6 Å². The summed E-state index contributed by atoms with van der Waals surface area (Å²) in [4.78, 5) is 21.9. The molecular weight excluding hydrogens is 311 g/mol. The molecule has 3 rings (SSSR count). The molecule has 1 aliphatic carbocycles. The minimum atomic E-state index is -0.397. The molecule has 126 valence electrons. The number of benzene rings is 1. The van der Waals surface area contributed by atoms with Crippen molar-refractivity contribution in [3.05, 3.63) is 48.3 Å². The Kier molecular flexibility index (Phi) is 4.88. The van der Waals surface area contributed by atoms with Crippen LogP contribution in [0, 0.1) is 11.7 Å². The third-order valence-corrected chi connectivity index (χ3v) is 3.72. The van der Waals surface area contributed by atoms with Gasteiger partial charge >= 0.3 is 6.03 Å². The van der Waals surface area contributed by atoms with Gasteiger partial charge < -0.3 is 15.0 Å². The van der Waals surface area contributed by atoms with E-state index in [9.17, 15) is 9.18 Å². The fourth-order valence-corrected chi connectivity index (χ4v) is 2.15. The molecule has 0 aliphatic heterocycles. The minimum absolute atomic E-state index is 0.319. The monoisotopic (exact) mass is 330 g/mol. The van der Waals surface area contributed by atoms with E-state index in [1.165, 1.54) is 23.1 Å². The number of ether oxygens (including phenoxy) is 1. The lowest BCUT2D eigenvalue weighted by Gasteiger charge is -2.19. The summed E-state index contributed by atoms with van der Waals surface area (Å²) in [7, 11) is 1.65. The molecule has 1 fully saturated rings. The molecular formula is C17H19FN4O2. The minimum Gasteiger partial charge on any atom is -0.491 e. The second-order valence-corrected chi connectivity index (χ2v) is 5.88. The predicted octanol–water partition coefficient (Wildman–Crippen LogP) is 3.07. The summed E-state index contributed by atoms with van der Waals surface area (Å²) in [6.45, 7) is 0.862. The van der Waals surface area contributed by atoms with Crippen LogP contribution < -0.4 is 10.1 Å². The van der Waals surface area contributed by atoms with Gasteiger partial charge in [0, 0.05) is 25.5 Å². The summed E-state index contributed by atoms with van der Waals surface area (Å²) in [5.74, 6) is 0.492. The number of aromatic nitrogens is 2. The van der Waals surface area contributed by atoms with Crippen molar-refractivity contribution in [2.24, 2.45) is 5.92 Å². The molecule has 1 aromatic carbocycles. The van der Waals surface area contributed by atoms with E-state index in [4.69, 9.17) is 4.74 Å². The number of amides is 2. The highest BCUT2D eigenvalue weighted by molar-refractivity contribution is 5.90. The maximum atomic E-state index is 13.5. The van der Waals surface area contributed by atoms with Crippen molar-refractivity contribution in [1.29, 1.82) is 0 Å². The molecule has 1 saturated carbocycles. The van der Waals surface area contributed by atoms with Crippen LogP contribution in [0.3, 0.4) is 0 Å². The first kappa shape index (κ1) is 16.2. The number of nitrogens with zero attached hydrogens (tertiary/aromatic N) is 3. The lowest BCUT2D eigenvalue weighted by molar-refractivity contribution is 0.220. The molecule has 6 nitrogen and oxygen atoms in total. The molecule has 0 atom stereocenters. The summed E-state index contributed by atoms with van der Waals surface area (Å²) in [6.07, 6.45) is 7.03. The van der Waals surface area contributed by atoms with Crippen LogP contribution in [0.2, 0.25) is 0 Å². The van der Waals surface area contributed by atoms with Crippen molar-refractivity contribution in [3.8, 4) is 5.75 Å². The Labute approximate surface area is 139 Å². The van der Waals surface area contributed by atoms with Crippen molar-refractivity contribution in [3.63, 3.8) is 0 Å². The maximum absolute atomic E-state index is 13.5. The SMILES string of the molecule is CN(Cc1cnccn1)C(=O)Nc1ccc(F)cc1OCC1CC1. The van der Waals surface area contributed by atoms with E-state index < -0.39 is 5.82 Å². The fourth-order valence-electron chi connectivity index (χ4n) is 2.15. The van der Waals surface area contributed by atoms with Crippen LogP contribution >= 0.6 is 0 Å². The maximum Gasteiger partial charge on any atom is 0.322 e. The smallest absolute Gasteiger partial charge is 0.322 e. The molecule has 0 bridgehead atoms. The zero-order valence-corrected chi connectivity index (χ0v) is 13.4. The lowest BCUT2D eigenvalue weighted by atomic mass is 10.3. The molecule has 1 N–H and O–H groups in total. The van der Waals surface area contributed by atoms with Crippen molar-refractivity contribution < 1.29 is 13.9 Å². The first-order valence-electron chi connectivity index (χ1n) is 7.81. The number of urea groups is 1. The molecule has 1 aliphatic rings. The Bertz CT molecular complexity index is 707. The van der Waals surface area contributed by atoms with E-state index in [2.05, 4.69) is 15.3 Å². The van der Waals surface area contributed by atoms with Gasteiger partial charge in [-0.1, -0.05) is 0 Å². The van der Waals surface area contributed by atoms with E-state index in [0.717, 1.165) is 12.8 Å². The molecule has 1 heterocycles. The van der Waals surface area contributed by atoms with E-state index >= 15 is 0 Å². The molecule has 1 aromatic heterocycles. The van der Waals surface area contributed by atoms with Crippen LogP contribution in [0.1, 0.15) is 18.5 Å². The summed E-state index contributed by atoms with van der Waals surface area (Å²) in [6, 6.07) is 3.76. The zero-order valence-electron chi connectivity index (χ0n) is 13.4. The van der Waals surface area contributed by atoms with Gasteiger partial charge in [0.1, 0.15) is 11.6 Å². The van der Waals surface area contributed by atoms with Gasteiger partial charge in [-0.3, -0.25) is 9.97 Å². The quantitative estimate of drug-likeness (QED) is 0.884. The van der Waals surface area contributed by atoms with Gasteiger partial charge in [-0.15, -0.1) is 0 Å². The molecule has 7 heteroatoms. The molecule has 0 saturated heterocycles. The molecule has 0 radical (unpaired) electrons. The Morgan fingerprint density at radius 2 is 2.25 bits per heavy atom. The number of hydrogen-bond acceptors (Lipinski definition) is 4. The first-order chi connectivity index (χ1) is 11.6. The number of rotatable bonds is 6. The summed E-state index contributed by atoms with van der Waals surface area (Å²) in [5, 5.41) is 2.75. The summed E-state index contributed by atoms with van der Waals surface area (Å²) < 4.78 is 19.1. The Morgan fingerprint density at radius 3 is 2.96 bits per heavy atom. The highest BCUT2D eigenvalue weighted by atomic mass is 19.1. The third-order valence-electron chi connectivity index (χ3n) is 3.72. The van der Waals surface area contributed by atoms with E-state index in [0.29, 0.717) is 36.2 Å². The predicted molar refractivity (Wildman–Crippen MR) is 87.1 cm³/mol. The van der Waals surface area contributed by atoms with Crippen molar-refractivity contribution in [1.82, 2.24) is 14.9 Å². The van der Waals surface area contributed by atoms with Gasteiger partial charge in [-0.05, 0) is 30.9 Å². The van der Waals surface area contributed by atoms with Crippen LogP contribution in [0.15, 0.2) is 36.8 Å². The third kappa shape index (κ3) is 4.41. The number of anilines is 1. The summed E-state index contributed by atoms with van der Waals surface area (Å²) in [5.41, 5.74) is 1.13. The Hall–Kier alpha value is -2.70.